The number of carbonyl (C=O) groups is 1. The van der Waals surface area contributed by atoms with Gasteiger partial charge in [-0.3, -0.25) is 14.9 Å². The van der Waals surface area contributed by atoms with Crippen LogP contribution in [0.2, 0.25) is 0 Å². The molecular formula is C23H26N4O3S. The van der Waals surface area contributed by atoms with Gasteiger partial charge in [-0.25, -0.2) is 4.98 Å². The van der Waals surface area contributed by atoms with Gasteiger partial charge in [0.1, 0.15) is 11.1 Å². The number of thioether (sulfide) groups is 1. The number of non-ortho nitro benzene ring substituents is 1. The van der Waals surface area contributed by atoms with E-state index in [9.17, 15) is 20.2 Å². The number of nitrogens with one attached hydrogen (secondary N) is 1. The lowest BCUT2D eigenvalue weighted by Crippen LogP contribution is -2.25. The molecule has 0 saturated heterocycles. The maximum Gasteiger partial charge on any atom is 0.271 e. The van der Waals surface area contributed by atoms with Crippen molar-refractivity contribution in [1.29, 1.82) is 5.26 Å². The molecule has 1 aromatic heterocycles. The molecule has 1 heterocycles. The van der Waals surface area contributed by atoms with Gasteiger partial charge in [-0.05, 0) is 56.2 Å². The number of aromatic nitrogens is 1. The van der Waals surface area contributed by atoms with Crippen molar-refractivity contribution in [3.8, 4) is 6.07 Å². The number of rotatable bonds is 6. The molecule has 1 atom stereocenters. The minimum atomic E-state index is -0.484. The summed E-state index contributed by atoms with van der Waals surface area (Å²) in [5.41, 5.74) is 3.77. The maximum atomic E-state index is 13.0. The molecule has 1 N–H and O–H groups in total. The summed E-state index contributed by atoms with van der Waals surface area (Å²) in [6.45, 7) is 3.69. The number of fused-ring (bicyclic) bond motifs is 1. The van der Waals surface area contributed by atoms with Crippen molar-refractivity contribution >= 4 is 29.0 Å². The highest BCUT2D eigenvalue weighted by Gasteiger charge is 2.23. The van der Waals surface area contributed by atoms with E-state index in [-0.39, 0.29) is 11.6 Å². The van der Waals surface area contributed by atoms with E-state index in [0.29, 0.717) is 22.7 Å². The van der Waals surface area contributed by atoms with E-state index >= 15 is 0 Å². The zero-order valence-corrected chi connectivity index (χ0v) is 18.6. The number of aryl methyl sites for hydroxylation is 3. The molecule has 7 nitrogen and oxygen atoms in total. The molecule has 1 aliphatic rings. The molecule has 1 unspecified atom stereocenters. The van der Waals surface area contributed by atoms with Crippen LogP contribution in [0.25, 0.3) is 0 Å². The summed E-state index contributed by atoms with van der Waals surface area (Å²) in [5, 5.41) is 23.7. The number of hydrogen-bond donors (Lipinski definition) is 1. The van der Waals surface area contributed by atoms with Gasteiger partial charge in [-0.2, -0.15) is 5.26 Å². The Morgan fingerprint density at radius 3 is 2.71 bits per heavy atom. The van der Waals surface area contributed by atoms with E-state index in [0.717, 1.165) is 42.5 Å². The molecule has 0 bridgehead atoms. The fraction of sp³-hybridized carbons (Fsp3) is 0.435. The first kappa shape index (κ1) is 22.8. The zero-order chi connectivity index (χ0) is 22.4. The van der Waals surface area contributed by atoms with Gasteiger partial charge in [-0.15, -0.1) is 0 Å². The Balaban J connectivity index is 1.83. The predicted octanol–water partition coefficient (Wildman–Crippen LogP) is 5.34. The number of nitro groups is 1. The lowest BCUT2D eigenvalue weighted by Gasteiger charge is -2.18. The second kappa shape index (κ2) is 10.4. The van der Waals surface area contributed by atoms with Crippen LogP contribution in [0.1, 0.15) is 61.4 Å². The van der Waals surface area contributed by atoms with E-state index in [4.69, 9.17) is 4.98 Å². The van der Waals surface area contributed by atoms with Crippen molar-refractivity contribution in [2.45, 2.75) is 69.1 Å². The van der Waals surface area contributed by atoms with Crippen LogP contribution in [0.5, 0.6) is 0 Å². The number of hydrogen-bond acceptors (Lipinski definition) is 6. The van der Waals surface area contributed by atoms with E-state index < -0.39 is 10.2 Å². The average Bonchev–Trinajstić information content (AvgIpc) is 2.73. The molecule has 8 heteroatoms. The number of nitriles is 1. The molecule has 1 amide bonds. The Bertz CT molecular complexity index is 1030. The lowest BCUT2D eigenvalue weighted by atomic mass is 9.96. The molecule has 0 aliphatic heterocycles. The predicted molar refractivity (Wildman–Crippen MR) is 121 cm³/mol. The van der Waals surface area contributed by atoms with Crippen molar-refractivity contribution in [1.82, 2.24) is 4.98 Å². The number of nitrogens with zero attached hydrogens (tertiary/aromatic N) is 3. The molecule has 1 aliphatic carbocycles. The van der Waals surface area contributed by atoms with E-state index in [2.05, 4.69) is 11.4 Å². The summed E-state index contributed by atoms with van der Waals surface area (Å²) in [7, 11) is 0. The molecule has 0 fully saturated rings. The number of benzene rings is 1. The minimum Gasteiger partial charge on any atom is -0.325 e. The largest absolute Gasteiger partial charge is 0.325 e. The Morgan fingerprint density at radius 2 is 2.03 bits per heavy atom. The first-order valence-corrected chi connectivity index (χ1v) is 11.5. The van der Waals surface area contributed by atoms with Crippen molar-refractivity contribution in [3.63, 3.8) is 0 Å². The topological polar surface area (TPSA) is 109 Å². The van der Waals surface area contributed by atoms with Gasteiger partial charge in [-0.1, -0.05) is 37.6 Å². The third-order valence-electron chi connectivity index (χ3n) is 5.49. The maximum absolute atomic E-state index is 13.0. The summed E-state index contributed by atoms with van der Waals surface area (Å²) in [6, 6.07) is 8.58. The first-order valence-electron chi connectivity index (χ1n) is 10.6. The van der Waals surface area contributed by atoms with Gasteiger partial charge in [0.2, 0.25) is 5.91 Å². The Labute approximate surface area is 186 Å². The van der Waals surface area contributed by atoms with Crippen LogP contribution in [0.4, 0.5) is 11.4 Å². The van der Waals surface area contributed by atoms with Gasteiger partial charge in [0.15, 0.2) is 0 Å². The Kier molecular flexibility index (Phi) is 7.64. The SMILES string of the molecule is CCC(Sc1nc2c(cc1C#N)CCCCCC2)C(=O)Nc1cc([N+](=O)[O-])ccc1C. The summed E-state index contributed by atoms with van der Waals surface area (Å²) in [5.74, 6) is -0.256. The van der Waals surface area contributed by atoms with Crippen LogP contribution in [0.3, 0.4) is 0 Å². The van der Waals surface area contributed by atoms with Crippen LogP contribution < -0.4 is 5.32 Å². The second-order valence-corrected chi connectivity index (χ2v) is 8.92. The average molecular weight is 439 g/mol. The second-order valence-electron chi connectivity index (χ2n) is 7.73. The summed E-state index contributed by atoms with van der Waals surface area (Å²) < 4.78 is 0. The van der Waals surface area contributed by atoms with Crippen LogP contribution >= 0.6 is 11.8 Å². The molecule has 0 radical (unpaired) electrons. The number of carbonyl (C=O) groups excluding carboxylic acids is 1. The molecular weight excluding hydrogens is 412 g/mol. The van der Waals surface area contributed by atoms with Gasteiger partial charge < -0.3 is 5.32 Å². The van der Waals surface area contributed by atoms with E-state index in [1.165, 1.54) is 36.7 Å². The van der Waals surface area contributed by atoms with Gasteiger partial charge in [0, 0.05) is 17.8 Å². The van der Waals surface area contributed by atoms with Gasteiger partial charge >= 0.3 is 0 Å². The summed E-state index contributed by atoms with van der Waals surface area (Å²) >= 11 is 1.29. The van der Waals surface area contributed by atoms with Crippen LogP contribution in [-0.2, 0) is 17.6 Å². The molecule has 162 valence electrons. The number of nitro benzene ring substituents is 1. The summed E-state index contributed by atoms with van der Waals surface area (Å²) in [4.78, 5) is 28.3. The molecule has 2 aromatic rings. The Hall–Kier alpha value is -2.92. The third kappa shape index (κ3) is 5.61. The smallest absolute Gasteiger partial charge is 0.271 e. The highest BCUT2D eigenvalue weighted by atomic mass is 32.2. The number of amides is 1. The normalized spacial score (nSPS) is 14.5. The van der Waals surface area contributed by atoms with Crippen molar-refractivity contribution < 1.29 is 9.72 Å². The molecule has 0 saturated carbocycles. The van der Waals surface area contributed by atoms with Crippen LogP contribution in [0.15, 0.2) is 29.3 Å². The fourth-order valence-corrected chi connectivity index (χ4v) is 4.66. The third-order valence-corrected chi connectivity index (χ3v) is 6.86. The van der Waals surface area contributed by atoms with Crippen LogP contribution in [0, 0.1) is 28.4 Å². The molecule has 31 heavy (non-hydrogen) atoms. The molecule has 1 aromatic carbocycles. The van der Waals surface area contributed by atoms with Crippen molar-refractivity contribution in [3.05, 3.63) is 56.8 Å². The first-order chi connectivity index (χ1) is 14.9. The Morgan fingerprint density at radius 1 is 1.29 bits per heavy atom. The van der Waals surface area contributed by atoms with Crippen molar-refractivity contribution in [2.24, 2.45) is 0 Å². The molecule has 3 rings (SSSR count). The summed E-state index contributed by atoms with van der Waals surface area (Å²) in [6.07, 6.45) is 6.94. The highest BCUT2D eigenvalue weighted by Crippen LogP contribution is 2.31. The minimum absolute atomic E-state index is 0.0725. The highest BCUT2D eigenvalue weighted by molar-refractivity contribution is 8.00. The van der Waals surface area contributed by atoms with Crippen LogP contribution in [-0.4, -0.2) is 21.1 Å². The number of pyridine rings is 1. The zero-order valence-electron chi connectivity index (χ0n) is 17.8. The lowest BCUT2D eigenvalue weighted by molar-refractivity contribution is -0.384. The fourth-order valence-electron chi connectivity index (χ4n) is 3.67. The standard InChI is InChI=1S/C23H26N4O3S/c1-3-21(22(28)25-20-13-18(27(29)30)11-10-15(20)2)31-23-17(14-24)12-16-8-6-4-5-7-9-19(16)26-23/h10-13,21H,3-9H2,1-2H3,(H,25,28). The van der Waals surface area contributed by atoms with E-state index in [1.807, 2.05) is 13.0 Å². The van der Waals surface area contributed by atoms with E-state index in [1.54, 1.807) is 13.0 Å². The molecule has 0 spiro atoms. The van der Waals surface area contributed by atoms with Gasteiger partial charge in [0.25, 0.3) is 5.69 Å². The number of anilines is 1. The monoisotopic (exact) mass is 438 g/mol. The van der Waals surface area contributed by atoms with Crippen molar-refractivity contribution in [2.75, 3.05) is 5.32 Å². The van der Waals surface area contributed by atoms with Gasteiger partial charge in [0.05, 0.1) is 21.4 Å². The quantitative estimate of drug-likeness (QED) is 0.370.